The van der Waals surface area contributed by atoms with Crippen LogP contribution < -0.4 is 4.90 Å². The Labute approximate surface area is 137 Å². The molecular weight excluding hydrogens is 286 g/mol. The molecule has 1 fully saturated rings. The summed E-state index contributed by atoms with van der Waals surface area (Å²) in [5, 5.41) is 0. The van der Waals surface area contributed by atoms with E-state index in [1.54, 1.807) is 0 Å². The Kier molecular flexibility index (Phi) is 4.70. The third-order valence-electron chi connectivity index (χ3n) is 4.22. The van der Waals surface area contributed by atoms with Crippen LogP contribution in [0.25, 0.3) is 0 Å². The van der Waals surface area contributed by atoms with E-state index >= 15 is 0 Å². The fourth-order valence-electron chi connectivity index (χ4n) is 3.26. The van der Waals surface area contributed by atoms with E-state index in [1.165, 1.54) is 0 Å². The van der Waals surface area contributed by atoms with E-state index in [4.69, 9.17) is 0 Å². The molecule has 0 N–H and O–H groups in total. The van der Waals surface area contributed by atoms with Crippen molar-refractivity contribution in [3.05, 3.63) is 53.6 Å². The summed E-state index contributed by atoms with van der Waals surface area (Å²) >= 11 is 0. The number of para-hydroxylation sites is 1. The van der Waals surface area contributed by atoms with E-state index in [1.807, 2.05) is 42.2 Å². The van der Waals surface area contributed by atoms with E-state index < -0.39 is 0 Å². The van der Waals surface area contributed by atoms with Crippen molar-refractivity contribution in [1.29, 1.82) is 0 Å². The van der Waals surface area contributed by atoms with Crippen LogP contribution in [0.3, 0.4) is 0 Å². The van der Waals surface area contributed by atoms with Crippen molar-refractivity contribution in [2.24, 2.45) is 5.92 Å². The minimum atomic E-state index is 0.209. The Bertz CT molecular complexity index is 684. The molecule has 23 heavy (non-hydrogen) atoms. The molecule has 0 aliphatic carbocycles. The lowest BCUT2D eigenvalue weighted by molar-refractivity contribution is -0.117. The molecule has 1 saturated heterocycles. The molecule has 1 amide bonds. The Morgan fingerprint density at radius 1 is 1.17 bits per heavy atom. The van der Waals surface area contributed by atoms with E-state index in [0.717, 1.165) is 48.7 Å². The van der Waals surface area contributed by atoms with Crippen LogP contribution in [0.1, 0.15) is 37.0 Å². The van der Waals surface area contributed by atoms with Gasteiger partial charge in [0.1, 0.15) is 5.82 Å². The first kappa shape index (κ1) is 15.7. The summed E-state index contributed by atoms with van der Waals surface area (Å²) < 4.78 is 0. The van der Waals surface area contributed by atoms with Crippen molar-refractivity contribution in [3.63, 3.8) is 0 Å². The molecule has 3 rings (SSSR count). The minimum Gasteiger partial charge on any atom is -0.312 e. The van der Waals surface area contributed by atoms with Gasteiger partial charge in [-0.2, -0.15) is 0 Å². The molecule has 1 aliphatic heterocycles. The predicted octanol–water partition coefficient (Wildman–Crippen LogP) is 3.33. The van der Waals surface area contributed by atoms with Gasteiger partial charge in [0.05, 0.1) is 0 Å². The lowest BCUT2D eigenvalue weighted by Crippen LogP contribution is -2.24. The summed E-state index contributed by atoms with van der Waals surface area (Å²) in [6.07, 6.45) is 3.51. The van der Waals surface area contributed by atoms with Crippen LogP contribution in [-0.2, 0) is 17.6 Å². The quantitative estimate of drug-likeness (QED) is 0.851. The summed E-state index contributed by atoms with van der Waals surface area (Å²) in [5.74, 6) is 1.36. The second-order valence-corrected chi connectivity index (χ2v) is 6.26. The number of aryl methyl sites for hydroxylation is 2. The zero-order valence-corrected chi connectivity index (χ0v) is 13.8. The molecule has 1 unspecified atom stereocenters. The van der Waals surface area contributed by atoms with Crippen molar-refractivity contribution < 1.29 is 4.79 Å². The number of carbonyl (C=O) groups is 1. The monoisotopic (exact) mass is 309 g/mol. The Balaban J connectivity index is 1.71. The molecule has 1 aromatic heterocycles. The van der Waals surface area contributed by atoms with Crippen molar-refractivity contribution >= 4 is 11.6 Å². The highest BCUT2D eigenvalue weighted by Crippen LogP contribution is 2.26. The number of anilines is 1. The van der Waals surface area contributed by atoms with E-state index in [2.05, 4.69) is 23.0 Å². The lowest BCUT2D eigenvalue weighted by atomic mass is 10.0. The van der Waals surface area contributed by atoms with Gasteiger partial charge in [-0.05, 0) is 43.9 Å². The van der Waals surface area contributed by atoms with Crippen LogP contribution in [0.2, 0.25) is 0 Å². The largest absolute Gasteiger partial charge is 0.312 e. The highest BCUT2D eigenvalue weighted by molar-refractivity contribution is 5.95. The molecule has 0 saturated carbocycles. The molecule has 0 radical (unpaired) electrons. The maximum Gasteiger partial charge on any atom is 0.227 e. The van der Waals surface area contributed by atoms with Crippen LogP contribution in [0.15, 0.2) is 36.4 Å². The number of amides is 1. The van der Waals surface area contributed by atoms with Gasteiger partial charge < -0.3 is 4.90 Å². The predicted molar refractivity (Wildman–Crippen MR) is 91.4 cm³/mol. The standard InChI is InChI=1S/C19H23N3O/c1-3-7-16-12-17(21-14(2)20-16)10-15-11-19(23)22(13-15)18-8-5-4-6-9-18/h4-6,8-9,12,15H,3,7,10-11,13H2,1-2H3. The molecule has 120 valence electrons. The molecule has 0 bridgehead atoms. The average molecular weight is 309 g/mol. The molecule has 2 aromatic rings. The number of hydrogen-bond acceptors (Lipinski definition) is 3. The fourth-order valence-corrected chi connectivity index (χ4v) is 3.26. The minimum absolute atomic E-state index is 0.209. The van der Waals surface area contributed by atoms with Gasteiger partial charge in [-0.3, -0.25) is 4.79 Å². The van der Waals surface area contributed by atoms with Crippen LogP contribution in [0, 0.1) is 12.8 Å². The molecule has 1 aliphatic rings. The summed E-state index contributed by atoms with van der Waals surface area (Å²) in [6, 6.07) is 12.0. The van der Waals surface area contributed by atoms with Crippen molar-refractivity contribution in [2.75, 3.05) is 11.4 Å². The number of benzene rings is 1. The van der Waals surface area contributed by atoms with Crippen LogP contribution in [0.4, 0.5) is 5.69 Å². The lowest BCUT2D eigenvalue weighted by Gasteiger charge is -2.16. The first-order valence-electron chi connectivity index (χ1n) is 8.34. The molecule has 2 heterocycles. The third-order valence-corrected chi connectivity index (χ3v) is 4.22. The first-order chi connectivity index (χ1) is 11.2. The smallest absolute Gasteiger partial charge is 0.227 e. The van der Waals surface area contributed by atoms with E-state index in [9.17, 15) is 4.79 Å². The van der Waals surface area contributed by atoms with Crippen LogP contribution in [0.5, 0.6) is 0 Å². The maximum absolute atomic E-state index is 12.3. The number of nitrogens with zero attached hydrogens (tertiary/aromatic N) is 3. The molecule has 4 heteroatoms. The van der Waals surface area contributed by atoms with Crippen molar-refractivity contribution in [3.8, 4) is 0 Å². The van der Waals surface area contributed by atoms with Gasteiger partial charge in [-0.15, -0.1) is 0 Å². The topological polar surface area (TPSA) is 46.1 Å². The average Bonchev–Trinajstić information content (AvgIpc) is 2.88. The summed E-state index contributed by atoms with van der Waals surface area (Å²) in [7, 11) is 0. The number of rotatable bonds is 5. The summed E-state index contributed by atoms with van der Waals surface area (Å²) in [6.45, 7) is 4.87. The normalized spacial score (nSPS) is 17.7. The highest BCUT2D eigenvalue weighted by atomic mass is 16.2. The van der Waals surface area contributed by atoms with Gasteiger partial charge >= 0.3 is 0 Å². The zero-order valence-electron chi connectivity index (χ0n) is 13.8. The maximum atomic E-state index is 12.3. The van der Waals surface area contributed by atoms with Crippen LogP contribution >= 0.6 is 0 Å². The van der Waals surface area contributed by atoms with Gasteiger partial charge in [0, 0.05) is 30.0 Å². The van der Waals surface area contributed by atoms with Gasteiger partial charge in [0.25, 0.3) is 0 Å². The van der Waals surface area contributed by atoms with Crippen LogP contribution in [-0.4, -0.2) is 22.4 Å². The Morgan fingerprint density at radius 2 is 1.91 bits per heavy atom. The second-order valence-electron chi connectivity index (χ2n) is 6.26. The number of carbonyl (C=O) groups excluding carboxylic acids is 1. The van der Waals surface area contributed by atoms with Gasteiger partial charge in [-0.1, -0.05) is 31.5 Å². The van der Waals surface area contributed by atoms with Gasteiger partial charge in [-0.25, -0.2) is 9.97 Å². The third kappa shape index (κ3) is 3.76. The molecule has 0 spiro atoms. The van der Waals surface area contributed by atoms with E-state index in [0.29, 0.717) is 12.3 Å². The Morgan fingerprint density at radius 3 is 2.65 bits per heavy atom. The molecule has 1 aromatic carbocycles. The molecule has 1 atom stereocenters. The summed E-state index contributed by atoms with van der Waals surface area (Å²) in [5.41, 5.74) is 3.17. The first-order valence-corrected chi connectivity index (χ1v) is 8.34. The zero-order chi connectivity index (χ0) is 16.2. The van der Waals surface area contributed by atoms with E-state index in [-0.39, 0.29) is 5.91 Å². The SMILES string of the molecule is CCCc1cc(CC2CC(=O)N(c3ccccc3)C2)nc(C)n1. The number of hydrogen-bond donors (Lipinski definition) is 0. The van der Waals surface area contributed by atoms with Crippen molar-refractivity contribution in [2.45, 2.75) is 39.5 Å². The summed E-state index contributed by atoms with van der Waals surface area (Å²) in [4.78, 5) is 23.2. The Hall–Kier alpha value is -2.23. The van der Waals surface area contributed by atoms with Gasteiger partial charge in [0.15, 0.2) is 0 Å². The van der Waals surface area contributed by atoms with Crippen molar-refractivity contribution in [1.82, 2.24) is 9.97 Å². The molecule has 4 nitrogen and oxygen atoms in total. The number of aromatic nitrogens is 2. The molecular formula is C19H23N3O. The highest BCUT2D eigenvalue weighted by Gasteiger charge is 2.30. The van der Waals surface area contributed by atoms with Gasteiger partial charge in [0.2, 0.25) is 5.91 Å². The second kappa shape index (κ2) is 6.90. The fraction of sp³-hybridized carbons (Fsp3) is 0.421.